The Morgan fingerprint density at radius 3 is 2.74 bits per heavy atom. The van der Waals surface area contributed by atoms with E-state index in [-0.39, 0.29) is 0 Å². The van der Waals surface area contributed by atoms with Crippen LogP contribution in [0.4, 0.5) is 19.1 Å². The molecule has 160 valence electrons. The van der Waals surface area contributed by atoms with Gasteiger partial charge in [0.1, 0.15) is 5.65 Å². The summed E-state index contributed by atoms with van der Waals surface area (Å²) in [4.78, 5) is 19.8. The van der Waals surface area contributed by atoms with Gasteiger partial charge in [-0.15, -0.1) is 0 Å². The highest BCUT2D eigenvalue weighted by molar-refractivity contribution is 5.81. The number of alkyl halides is 3. The van der Waals surface area contributed by atoms with Crippen molar-refractivity contribution in [2.24, 2.45) is 16.8 Å². The highest BCUT2D eigenvalue weighted by Gasteiger charge is 2.31. The van der Waals surface area contributed by atoms with Crippen LogP contribution in [0.3, 0.4) is 0 Å². The quantitative estimate of drug-likeness (QED) is 0.627. The molecule has 0 amide bonds. The van der Waals surface area contributed by atoms with Crippen LogP contribution in [0.15, 0.2) is 53.4 Å². The van der Waals surface area contributed by atoms with Gasteiger partial charge in [0, 0.05) is 37.6 Å². The van der Waals surface area contributed by atoms with Gasteiger partial charge in [-0.1, -0.05) is 13.0 Å². The number of pyridine rings is 1. The van der Waals surface area contributed by atoms with Gasteiger partial charge in [0.15, 0.2) is 0 Å². The number of nitrogens with zero attached hydrogens (tertiary/aromatic N) is 6. The predicted octanol–water partition coefficient (Wildman–Crippen LogP) is 4.28. The second-order valence-electron chi connectivity index (χ2n) is 8.17. The van der Waals surface area contributed by atoms with E-state index in [1.54, 1.807) is 18.5 Å². The summed E-state index contributed by atoms with van der Waals surface area (Å²) in [6.07, 6.45) is 5.03. The molecular formula is C22H21F3N6. The normalized spacial score (nSPS) is 21.7. The lowest BCUT2D eigenvalue weighted by molar-refractivity contribution is -0.137. The van der Waals surface area contributed by atoms with Crippen molar-refractivity contribution in [3.63, 3.8) is 0 Å². The minimum Gasteiger partial charge on any atom is -0.340 e. The lowest BCUT2D eigenvalue weighted by Crippen LogP contribution is -2.41. The van der Waals surface area contributed by atoms with Crippen molar-refractivity contribution in [3.05, 3.63) is 54.0 Å². The van der Waals surface area contributed by atoms with Gasteiger partial charge < -0.3 is 4.90 Å². The van der Waals surface area contributed by atoms with Crippen LogP contribution >= 0.6 is 0 Å². The van der Waals surface area contributed by atoms with Crippen LogP contribution in [0.5, 0.6) is 0 Å². The van der Waals surface area contributed by atoms with Crippen molar-refractivity contribution in [2.45, 2.75) is 19.5 Å². The summed E-state index contributed by atoms with van der Waals surface area (Å²) in [5.74, 6) is 1.41. The fourth-order valence-electron chi connectivity index (χ4n) is 4.38. The monoisotopic (exact) mass is 426 g/mol. The van der Waals surface area contributed by atoms with E-state index < -0.39 is 11.7 Å². The van der Waals surface area contributed by atoms with Crippen LogP contribution in [0, 0.1) is 11.8 Å². The maximum Gasteiger partial charge on any atom is 0.417 e. The summed E-state index contributed by atoms with van der Waals surface area (Å²) in [6.45, 7) is 4.56. The number of imidazole rings is 1. The molecule has 0 aliphatic carbocycles. The average Bonchev–Trinajstić information content (AvgIpc) is 3.42. The number of hydrogen-bond donors (Lipinski definition) is 0. The molecule has 0 saturated carbocycles. The smallest absolute Gasteiger partial charge is 0.340 e. The molecule has 0 aromatic carbocycles. The maximum absolute atomic E-state index is 13.2. The molecule has 5 heterocycles. The van der Waals surface area contributed by atoms with Crippen LogP contribution in [-0.2, 0) is 6.18 Å². The molecule has 0 bridgehead atoms. The minimum absolute atomic E-state index is 0.368. The number of fused-ring (bicyclic) bond motifs is 1. The number of halogens is 3. The highest BCUT2D eigenvalue weighted by Crippen LogP contribution is 2.32. The largest absolute Gasteiger partial charge is 0.417 e. The van der Waals surface area contributed by atoms with E-state index in [0.717, 1.165) is 38.3 Å². The first-order valence-electron chi connectivity index (χ1n) is 10.2. The van der Waals surface area contributed by atoms with Crippen molar-refractivity contribution < 1.29 is 13.2 Å². The zero-order valence-electron chi connectivity index (χ0n) is 16.9. The number of aliphatic imine (C=N–C) groups is 1. The third-order valence-electron chi connectivity index (χ3n) is 5.82. The van der Waals surface area contributed by atoms with Gasteiger partial charge in [0.2, 0.25) is 5.95 Å². The number of piperidine rings is 1. The molecule has 1 saturated heterocycles. The predicted molar refractivity (Wildman–Crippen MR) is 112 cm³/mol. The van der Waals surface area contributed by atoms with E-state index in [2.05, 4.69) is 32.9 Å². The summed E-state index contributed by atoms with van der Waals surface area (Å²) in [5, 5.41) is 0. The van der Waals surface area contributed by atoms with Gasteiger partial charge in [-0.2, -0.15) is 13.2 Å². The molecule has 5 rings (SSSR count). The fourth-order valence-corrected chi connectivity index (χ4v) is 4.38. The van der Waals surface area contributed by atoms with Gasteiger partial charge in [-0.25, -0.2) is 15.0 Å². The van der Waals surface area contributed by atoms with E-state index in [0.29, 0.717) is 34.8 Å². The van der Waals surface area contributed by atoms with Crippen molar-refractivity contribution in [1.82, 2.24) is 19.4 Å². The summed E-state index contributed by atoms with van der Waals surface area (Å²) in [5.41, 5.74) is 1.99. The minimum atomic E-state index is -4.43. The topological polar surface area (TPSA) is 58.7 Å². The zero-order valence-corrected chi connectivity index (χ0v) is 16.9. The molecule has 9 heteroatoms. The molecule has 0 spiro atoms. The van der Waals surface area contributed by atoms with Crippen LogP contribution in [-0.4, -0.2) is 45.2 Å². The van der Waals surface area contributed by atoms with Gasteiger partial charge in [0.05, 0.1) is 29.7 Å². The number of rotatable bonds is 3. The van der Waals surface area contributed by atoms with Crippen molar-refractivity contribution >= 4 is 17.8 Å². The molecule has 3 aromatic rings. The molecule has 3 aromatic heterocycles. The lowest BCUT2D eigenvalue weighted by Gasteiger charge is -2.36. The first-order valence-corrected chi connectivity index (χ1v) is 10.2. The molecule has 31 heavy (non-hydrogen) atoms. The van der Waals surface area contributed by atoms with E-state index in [1.807, 2.05) is 6.21 Å². The van der Waals surface area contributed by atoms with E-state index in [4.69, 9.17) is 4.98 Å². The van der Waals surface area contributed by atoms with Gasteiger partial charge in [-0.3, -0.25) is 9.39 Å². The SMILES string of the molecule is C[C@@H]1C[C@H](C2=CCN=C2)CN(c2nccc(-c3cnc4ccc(C(F)(F)F)cn34)n2)C1. The Kier molecular flexibility index (Phi) is 4.75. The molecule has 6 nitrogen and oxygen atoms in total. The van der Waals surface area contributed by atoms with E-state index >= 15 is 0 Å². The molecular weight excluding hydrogens is 405 g/mol. The molecule has 2 atom stereocenters. The van der Waals surface area contributed by atoms with E-state index in [9.17, 15) is 13.2 Å². The first-order chi connectivity index (χ1) is 14.9. The standard InChI is InChI=1S/C22H21F3N6/c1-14-8-16(15-4-6-26-9-15)12-30(11-14)21-27-7-5-18(29-21)19-10-28-20-3-2-17(13-31(19)20)22(23,24)25/h2-5,7,9-10,13-14,16H,6,8,11-12H2,1H3/t14-,16+/m1/s1. The Morgan fingerprint density at radius 1 is 1.10 bits per heavy atom. The molecule has 0 radical (unpaired) electrons. The average molecular weight is 426 g/mol. The van der Waals surface area contributed by atoms with Crippen LogP contribution in [0.2, 0.25) is 0 Å². The molecule has 0 N–H and O–H groups in total. The Labute approximate surface area is 177 Å². The third-order valence-corrected chi connectivity index (χ3v) is 5.82. The maximum atomic E-state index is 13.2. The van der Waals surface area contributed by atoms with E-state index in [1.165, 1.54) is 16.0 Å². The summed E-state index contributed by atoms with van der Waals surface area (Å²) in [7, 11) is 0. The molecule has 2 aliphatic heterocycles. The number of hydrogen-bond acceptors (Lipinski definition) is 5. The summed E-state index contributed by atoms with van der Waals surface area (Å²) in [6, 6.07) is 4.10. The zero-order chi connectivity index (χ0) is 21.6. The molecule has 1 fully saturated rings. The Bertz CT molecular complexity index is 1180. The van der Waals surface area contributed by atoms with Crippen LogP contribution < -0.4 is 4.90 Å². The first kappa shape index (κ1) is 19.7. The number of aromatic nitrogens is 4. The van der Waals surface area contributed by atoms with Gasteiger partial charge in [0.25, 0.3) is 0 Å². The number of anilines is 1. The molecule has 2 aliphatic rings. The van der Waals surface area contributed by atoms with Crippen molar-refractivity contribution in [3.8, 4) is 11.4 Å². The Balaban J connectivity index is 1.48. The van der Waals surface area contributed by atoms with Crippen LogP contribution in [0.25, 0.3) is 17.0 Å². The second kappa shape index (κ2) is 7.47. The van der Waals surface area contributed by atoms with Crippen molar-refractivity contribution in [2.75, 3.05) is 24.5 Å². The Hall–Kier alpha value is -3.23. The van der Waals surface area contributed by atoms with Gasteiger partial charge in [-0.05, 0) is 36.1 Å². The fraction of sp³-hybridized carbons (Fsp3) is 0.364. The van der Waals surface area contributed by atoms with Gasteiger partial charge >= 0.3 is 6.18 Å². The van der Waals surface area contributed by atoms with Crippen LogP contribution in [0.1, 0.15) is 18.9 Å². The lowest BCUT2D eigenvalue weighted by atomic mass is 9.86. The third kappa shape index (κ3) is 3.80. The summed E-state index contributed by atoms with van der Waals surface area (Å²) < 4.78 is 41.0. The van der Waals surface area contributed by atoms with Crippen molar-refractivity contribution in [1.29, 1.82) is 0 Å². The second-order valence-corrected chi connectivity index (χ2v) is 8.17. The Morgan fingerprint density at radius 2 is 1.97 bits per heavy atom. The summed E-state index contributed by atoms with van der Waals surface area (Å²) >= 11 is 0. The molecule has 0 unspecified atom stereocenters. The highest BCUT2D eigenvalue weighted by atomic mass is 19.4.